The van der Waals surface area contributed by atoms with Gasteiger partial charge in [0.2, 0.25) is 0 Å². The fourth-order valence-corrected chi connectivity index (χ4v) is 1.86. The maximum Gasteiger partial charge on any atom is 0.354 e. The zero-order chi connectivity index (χ0) is 10.6. The summed E-state index contributed by atoms with van der Waals surface area (Å²) in [6.45, 7) is 4.53. The molecule has 14 heavy (non-hydrogen) atoms. The molecule has 0 amide bonds. The van der Waals surface area contributed by atoms with Gasteiger partial charge in [-0.1, -0.05) is 6.92 Å². The van der Waals surface area contributed by atoms with Crippen LogP contribution in [0.4, 0.5) is 0 Å². The second-order valence-corrected chi connectivity index (χ2v) is 4.05. The van der Waals surface area contributed by atoms with E-state index in [0.29, 0.717) is 12.2 Å². The smallest absolute Gasteiger partial charge is 0.354 e. The van der Waals surface area contributed by atoms with Crippen molar-refractivity contribution in [2.75, 3.05) is 5.75 Å². The van der Waals surface area contributed by atoms with Gasteiger partial charge in [-0.15, -0.1) is 0 Å². The second kappa shape index (κ2) is 5.05. The molecule has 1 rings (SSSR count). The third kappa shape index (κ3) is 2.29. The van der Waals surface area contributed by atoms with E-state index in [4.69, 9.17) is 5.11 Å². The minimum Gasteiger partial charge on any atom is -0.477 e. The molecule has 0 aliphatic carbocycles. The van der Waals surface area contributed by atoms with Crippen molar-refractivity contribution in [1.82, 2.24) is 9.78 Å². The molecular weight excluding hydrogens is 200 g/mol. The fourth-order valence-electron chi connectivity index (χ4n) is 1.23. The average molecular weight is 214 g/mol. The van der Waals surface area contributed by atoms with Gasteiger partial charge in [0.25, 0.3) is 0 Å². The molecular formula is C9H14N2O2S. The molecule has 0 bridgehead atoms. The molecule has 1 aromatic rings. The molecule has 0 unspecified atom stereocenters. The van der Waals surface area contributed by atoms with Gasteiger partial charge in [-0.25, -0.2) is 4.79 Å². The lowest BCUT2D eigenvalue weighted by Crippen LogP contribution is -2.10. The van der Waals surface area contributed by atoms with Gasteiger partial charge >= 0.3 is 5.97 Å². The number of aryl methyl sites for hydroxylation is 1. The van der Waals surface area contributed by atoms with Crippen LogP contribution in [0.25, 0.3) is 0 Å². The van der Waals surface area contributed by atoms with E-state index in [1.165, 1.54) is 4.68 Å². The van der Waals surface area contributed by atoms with Crippen LogP contribution in [-0.2, 0) is 12.3 Å². The number of rotatable bonds is 5. The number of aromatic nitrogens is 2. The Bertz CT molecular complexity index is 323. The van der Waals surface area contributed by atoms with Gasteiger partial charge in [-0.05, 0) is 12.7 Å². The molecule has 1 heterocycles. The van der Waals surface area contributed by atoms with Crippen molar-refractivity contribution in [1.29, 1.82) is 0 Å². The number of carboxylic acids is 1. The number of hydrogen-bond donors (Lipinski definition) is 1. The summed E-state index contributed by atoms with van der Waals surface area (Å²) in [6, 6.07) is 0. The molecule has 5 heteroatoms. The molecule has 0 aromatic carbocycles. The monoisotopic (exact) mass is 214 g/mol. The van der Waals surface area contributed by atoms with Crippen LogP contribution in [0.1, 0.15) is 29.9 Å². The Labute approximate surface area is 87.3 Å². The number of hydrogen-bond acceptors (Lipinski definition) is 3. The zero-order valence-electron chi connectivity index (χ0n) is 8.36. The third-order valence-electron chi connectivity index (χ3n) is 1.88. The Balaban J connectivity index is 2.92. The molecule has 0 aliphatic heterocycles. The molecule has 0 saturated heterocycles. The average Bonchev–Trinajstić information content (AvgIpc) is 2.57. The highest BCUT2D eigenvalue weighted by molar-refractivity contribution is 7.98. The summed E-state index contributed by atoms with van der Waals surface area (Å²) >= 11 is 1.70. The van der Waals surface area contributed by atoms with Crippen LogP contribution in [0.2, 0.25) is 0 Å². The van der Waals surface area contributed by atoms with Crippen LogP contribution < -0.4 is 0 Å². The first kappa shape index (κ1) is 11.1. The Hall–Kier alpha value is -0.970. The van der Waals surface area contributed by atoms with Gasteiger partial charge in [-0.2, -0.15) is 16.9 Å². The first-order valence-electron chi connectivity index (χ1n) is 4.56. The molecule has 0 fully saturated rings. The molecule has 1 N–H and O–H groups in total. The minimum atomic E-state index is -0.893. The van der Waals surface area contributed by atoms with Gasteiger partial charge in [-0.3, -0.25) is 4.68 Å². The van der Waals surface area contributed by atoms with Crippen molar-refractivity contribution in [2.24, 2.45) is 0 Å². The van der Waals surface area contributed by atoms with Crippen molar-refractivity contribution in [3.63, 3.8) is 0 Å². The van der Waals surface area contributed by atoms with E-state index in [9.17, 15) is 4.79 Å². The Morgan fingerprint density at radius 2 is 2.36 bits per heavy atom. The standard InChI is InChI=1S/C9H14N2O2S/c1-3-11-8(9(12)13)7(5-10-11)6-14-4-2/h5H,3-4,6H2,1-2H3,(H,12,13). The quantitative estimate of drug-likeness (QED) is 0.812. The fraction of sp³-hybridized carbons (Fsp3) is 0.556. The summed E-state index contributed by atoms with van der Waals surface area (Å²) in [4.78, 5) is 11.0. The van der Waals surface area contributed by atoms with Crippen LogP contribution in [0.3, 0.4) is 0 Å². The molecule has 0 aliphatic rings. The van der Waals surface area contributed by atoms with Crippen molar-refractivity contribution >= 4 is 17.7 Å². The Kier molecular flexibility index (Phi) is 4.00. The van der Waals surface area contributed by atoms with E-state index in [0.717, 1.165) is 17.1 Å². The predicted molar refractivity (Wildman–Crippen MR) is 56.7 cm³/mol. The van der Waals surface area contributed by atoms with Crippen LogP contribution in [0, 0.1) is 0 Å². The van der Waals surface area contributed by atoms with E-state index in [-0.39, 0.29) is 0 Å². The minimum absolute atomic E-state index is 0.327. The molecule has 78 valence electrons. The third-order valence-corrected chi connectivity index (χ3v) is 2.80. The predicted octanol–water partition coefficient (Wildman–Crippen LogP) is 1.85. The maximum atomic E-state index is 11.0. The van der Waals surface area contributed by atoms with Crippen molar-refractivity contribution in [3.8, 4) is 0 Å². The molecule has 4 nitrogen and oxygen atoms in total. The van der Waals surface area contributed by atoms with Crippen LogP contribution in [0.5, 0.6) is 0 Å². The largest absolute Gasteiger partial charge is 0.477 e. The molecule has 0 radical (unpaired) electrons. The topological polar surface area (TPSA) is 55.1 Å². The summed E-state index contributed by atoms with van der Waals surface area (Å²) in [6.07, 6.45) is 1.65. The van der Waals surface area contributed by atoms with E-state index in [2.05, 4.69) is 12.0 Å². The lowest BCUT2D eigenvalue weighted by atomic mass is 10.3. The first-order chi connectivity index (χ1) is 6.70. The number of aromatic carboxylic acids is 1. The van der Waals surface area contributed by atoms with E-state index < -0.39 is 5.97 Å². The number of carbonyl (C=O) groups is 1. The number of thioether (sulfide) groups is 1. The van der Waals surface area contributed by atoms with Crippen molar-refractivity contribution in [2.45, 2.75) is 26.1 Å². The van der Waals surface area contributed by atoms with Gasteiger partial charge in [0, 0.05) is 17.9 Å². The Morgan fingerprint density at radius 1 is 1.64 bits per heavy atom. The van der Waals surface area contributed by atoms with Crippen molar-refractivity contribution in [3.05, 3.63) is 17.5 Å². The summed E-state index contributed by atoms with van der Waals surface area (Å²) in [7, 11) is 0. The highest BCUT2D eigenvalue weighted by Crippen LogP contribution is 2.16. The summed E-state index contributed by atoms with van der Waals surface area (Å²) in [5.74, 6) is 0.810. The number of carboxylic acid groups (broad SMARTS) is 1. The van der Waals surface area contributed by atoms with E-state index >= 15 is 0 Å². The first-order valence-corrected chi connectivity index (χ1v) is 5.71. The SMILES string of the molecule is CCSCc1cnn(CC)c1C(=O)O. The molecule has 1 aromatic heterocycles. The van der Waals surface area contributed by atoms with E-state index in [1.807, 2.05) is 6.92 Å². The van der Waals surface area contributed by atoms with E-state index in [1.54, 1.807) is 18.0 Å². The van der Waals surface area contributed by atoms with Gasteiger partial charge in [0.05, 0.1) is 6.20 Å². The van der Waals surface area contributed by atoms with Crippen molar-refractivity contribution < 1.29 is 9.90 Å². The van der Waals surface area contributed by atoms with Crippen LogP contribution in [0.15, 0.2) is 6.20 Å². The summed E-state index contributed by atoms with van der Waals surface area (Å²) in [5, 5.41) is 13.0. The summed E-state index contributed by atoms with van der Waals surface area (Å²) < 4.78 is 1.52. The lowest BCUT2D eigenvalue weighted by molar-refractivity contribution is 0.0682. The zero-order valence-corrected chi connectivity index (χ0v) is 9.17. The van der Waals surface area contributed by atoms with Gasteiger partial charge < -0.3 is 5.11 Å². The molecule has 0 saturated carbocycles. The highest BCUT2D eigenvalue weighted by Gasteiger charge is 2.16. The highest BCUT2D eigenvalue weighted by atomic mass is 32.2. The molecule has 0 spiro atoms. The normalized spacial score (nSPS) is 10.4. The van der Waals surface area contributed by atoms with Gasteiger partial charge in [0.1, 0.15) is 5.69 Å². The van der Waals surface area contributed by atoms with Gasteiger partial charge in [0.15, 0.2) is 0 Å². The lowest BCUT2D eigenvalue weighted by Gasteiger charge is -2.02. The Morgan fingerprint density at radius 3 is 2.86 bits per heavy atom. The summed E-state index contributed by atoms with van der Waals surface area (Å²) in [5.41, 5.74) is 1.14. The second-order valence-electron chi connectivity index (χ2n) is 2.78. The maximum absolute atomic E-state index is 11.0. The van der Waals surface area contributed by atoms with Crippen LogP contribution >= 0.6 is 11.8 Å². The molecule has 0 atom stereocenters. The van der Waals surface area contributed by atoms with Crippen LogP contribution in [-0.4, -0.2) is 26.6 Å². The number of nitrogens with zero attached hydrogens (tertiary/aromatic N) is 2.